The summed E-state index contributed by atoms with van der Waals surface area (Å²) in [5.41, 5.74) is 1.66. The van der Waals surface area contributed by atoms with Gasteiger partial charge in [-0.3, -0.25) is 9.59 Å². The van der Waals surface area contributed by atoms with Gasteiger partial charge in [-0.05, 0) is 82.3 Å². The molecule has 41 heavy (non-hydrogen) atoms. The molecule has 2 N–H and O–H groups in total. The number of hydrogen-bond acceptors (Lipinski definition) is 6. The molecule has 2 amide bonds. The molecule has 0 aliphatic carbocycles. The number of ether oxygens (including phenoxy) is 2. The lowest BCUT2D eigenvalue weighted by Gasteiger charge is -2.40. The van der Waals surface area contributed by atoms with E-state index in [1.54, 1.807) is 36.3 Å². The van der Waals surface area contributed by atoms with E-state index in [1.807, 2.05) is 18.7 Å². The summed E-state index contributed by atoms with van der Waals surface area (Å²) in [5, 5.41) is 12.8. The van der Waals surface area contributed by atoms with Crippen LogP contribution in [0.25, 0.3) is 11.1 Å². The SMILES string of the molecule is COCCCOc1cc(C(=O)N(C(C)C)C2CCC(CCO)NC2)ccc1-c1cc(C(=O)N2CCCC2)ccc1F. The fraction of sp³-hybridized carbons (Fsp3) is 0.562. The molecule has 2 saturated heterocycles. The summed E-state index contributed by atoms with van der Waals surface area (Å²) in [7, 11) is 1.62. The topological polar surface area (TPSA) is 91.3 Å². The Bertz CT molecular complexity index is 1180. The van der Waals surface area contributed by atoms with Crippen molar-refractivity contribution < 1.29 is 28.6 Å². The zero-order valence-electron chi connectivity index (χ0n) is 24.5. The van der Waals surface area contributed by atoms with Gasteiger partial charge in [0, 0.05) is 86.8 Å². The van der Waals surface area contributed by atoms with E-state index in [9.17, 15) is 14.7 Å². The largest absolute Gasteiger partial charge is 0.493 e. The minimum Gasteiger partial charge on any atom is -0.493 e. The molecule has 0 saturated carbocycles. The normalized spacial score (nSPS) is 19.0. The number of hydrogen-bond donors (Lipinski definition) is 2. The fourth-order valence-corrected chi connectivity index (χ4v) is 5.86. The Morgan fingerprint density at radius 2 is 1.83 bits per heavy atom. The van der Waals surface area contributed by atoms with E-state index >= 15 is 4.39 Å². The maximum absolute atomic E-state index is 15.2. The summed E-state index contributed by atoms with van der Waals surface area (Å²) in [6.07, 6.45) is 5.02. The molecule has 2 atom stereocenters. The van der Waals surface area contributed by atoms with E-state index in [0.29, 0.717) is 68.1 Å². The monoisotopic (exact) mass is 569 g/mol. The first-order valence-electron chi connectivity index (χ1n) is 14.9. The van der Waals surface area contributed by atoms with Crippen molar-refractivity contribution in [1.82, 2.24) is 15.1 Å². The predicted octanol–water partition coefficient (Wildman–Crippen LogP) is 4.50. The average molecular weight is 570 g/mol. The smallest absolute Gasteiger partial charge is 0.254 e. The molecule has 2 aromatic carbocycles. The third-order valence-electron chi connectivity index (χ3n) is 8.03. The standard InChI is InChI=1S/C32H44FN3O5/c1-22(2)36(26-10-9-25(13-16-37)34-21-26)32(39)24-7-11-27(30(20-24)41-18-6-17-40-3)28-19-23(8-12-29(28)33)31(38)35-14-4-5-15-35/h7-8,11-12,19-20,22,25-26,34,37H,4-6,9-10,13-18,21H2,1-3H3. The lowest BCUT2D eigenvalue weighted by Crippen LogP contribution is -2.54. The summed E-state index contributed by atoms with van der Waals surface area (Å²) in [6.45, 7) is 7.08. The van der Waals surface area contributed by atoms with Gasteiger partial charge in [-0.2, -0.15) is 0 Å². The van der Waals surface area contributed by atoms with Crippen LogP contribution >= 0.6 is 0 Å². The van der Waals surface area contributed by atoms with Crippen LogP contribution in [0, 0.1) is 5.82 Å². The van der Waals surface area contributed by atoms with Gasteiger partial charge in [-0.25, -0.2) is 4.39 Å². The van der Waals surface area contributed by atoms with Gasteiger partial charge in [-0.1, -0.05) is 0 Å². The van der Waals surface area contributed by atoms with Crippen LogP contribution in [-0.4, -0.2) is 91.4 Å². The van der Waals surface area contributed by atoms with E-state index in [1.165, 1.54) is 12.1 Å². The highest BCUT2D eigenvalue weighted by atomic mass is 19.1. The second kappa shape index (κ2) is 14.8. The van der Waals surface area contributed by atoms with Gasteiger partial charge < -0.3 is 29.7 Å². The van der Waals surface area contributed by atoms with E-state index in [4.69, 9.17) is 9.47 Å². The number of nitrogens with zero attached hydrogens (tertiary/aromatic N) is 2. The molecule has 9 heteroatoms. The van der Waals surface area contributed by atoms with Crippen molar-refractivity contribution in [2.24, 2.45) is 0 Å². The molecule has 8 nitrogen and oxygen atoms in total. The van der Waals surface area contributed by atoms with Crippen LogP contribution in [0.3, 0.4) is 0 Å². The molecule has 4 rings (SSSR count). The molecule has 2 fully saturated rings. The zero-order valence-corrected chi connectivity index (χ0v) is 24.5. The molecular weight excluding hydrogens is 525 g/mol. The van der Waals surface area contributed by atoms with Crippen molar-refractivity contribution in [1.29, 1.82) is 0 Å². The summed E-state index contributed by atoms with van der Waals surface area (Å²) in [4.78, 5) is 30.6. The number of likely N-dealkylation sites (tertiary alicyclic amines) is 1. The zero-order chi connectivity index (χ0) is 29.4. The third-order valence-corrected chi connectivity index (χ3v) is 8.03. The number of aliphatic hydroxyl groups excluding tert-OH is 1. The second-order valence-corrected chi connectivity index (χ2v) is 11.3. The summed E-state index contributed by atoms with van der Waals surface area (Å²) in [6, 6.07) is 9.83. The number of benzene rings is 2. The molecule has 0 radical (unpaired) electrons. The van der Waals surface area contributed by atoms with E-state index in [2.05, 4.69) is 5.32 Å². The molecule has 0 spiro atoms. The molecule has 0 aromatic heterocycles. The first kappa shape index (κ1) is 30.9. The van der Waals surface area contributed by atoms with Crippen LogP contribution in [0.4, 0.5) is 4.39 Å². The van der Waals surface area contributed by atoms with Crippen LogP contribution in [-0.2, 0) is 4.74 Å². The fourth-order valence-electron chi connectivity index (χ4n) is 5.86. The first-order valence-corrected chi connectivity index (χ1v) is 14.9. The number of amides is 2. The number of halogens is 1. The molecule has 2 aromatic rings. The highest BCUT2D eigenvalue weighted by molar-refractivity contribution is 5.97. The Morgan fingerprint density at radius 3 is 2.49 bits per heavy atom. The maximum atomic E-state index is 15.2. The van der Waals surface area contributed by atoms with Gasteiger partial charge in [0.15, 0.2) is 0 Å². The van der Waals surface area contributed by atoms with E-state index < -0.39 is 5.82 Å². The van der Waals surface area contributed by atoms with Gasteiger partial charge >= 0.3 is 0 Å². The van der Waals surface area contributed by atoms with E-state index in [0.717, 1.165) is 25.7 Å². The first-order chi connectivity index (χ1) is 19.8. The molecule has 2 unspecified atom stereocenters. The summed E-state index contributed by atoms with van der Waals surface area (Å²) in [5.74, 6) is -0.282. The maximum Gasteiger partial charge on any atom is 0.254 e. The second-order valence-electron chi connectivity index (χ2n) is 11.3. The Labute approximate surface area is 242 Å². The molecule has 224 valence electrons. The van der Waals surface area contributed by atoms with Crippen LogP contribution in [0.15, 0.2) is 36.4 Å². The van der Waals surface area contributed by atoms with Gasteiger partial charge in [0.1, 0.15) is 11.6 Å². The van der Waals surface area contributed by atoms with Crippen molar-refractivity contribution in [2.45, 2.75) is 70.5 Å². The summed E-state index contributed by atoms with van der Waals surface area (Å²) >= 11 is 0. The molecule has 2 heterocycles. The van der Waals surface area contributed by atoms with Crippen molar-refractivity contribution in [3.05, 3.63) is 53.3 Å². The van der Waals surface area contributed by atoms with Crippen molar-refractivity contribution in [3.63, 3.8) is 0 Å². The number of piperidine rings is 1. The summed E-state index contributed by atoms with van der Waals surface area (Å²) < 4.78 is 26.5. The van der Waals surface area contributed by atoms with Gasteiger partial charge in [-0.15, -0.1) is 0 Å². The number of nitrogens with one attached hydrogen (secondary N) is 1. The minimum absolute atomic E-state index is 0.0221. The molecule has 2 aliphatic rings. The Hall–Kier alpha value is -3.01. The Morgan fingerprint density at radius 1 is 1.07 bits per heavy atom. The lowest BCUT2D eigenvalue weighted by atomic mass is 9.95. The van der Waals surface area contributed by atoms with Crippen LogP contribution in [0.2, 0.25) is 0 Å². The van der Waals surface area contributed by atoms with Crippen LogP contribution < -0.4 is 10.1 Å². The highest BCUT2D eigenvalue weighted by Gasteiger charge is 2.31. The third kappa shape index (κ3) is 7.64. The van der Waals surface area contributed by atoms with Crippen LogP contribution in [0.1, 0.15) is 73.1 Å². The number of carbonyl (C=O) groups is 2. The van der Waals surface area contributed by atoms with Crippen molar-refractivity contribution >= 4 is 11.8 Å². The van der Waals surface area contributed by atoms with Gasteiger partial charge in [0.25, 0.3) is 11.8 Å². The molecule has 0 bridgehead atoms. The van der Waals surface area contributed by atoms with E-state index in [-0.39, 0.29) is 42.1 Å². The van der Waals surface area contributed by atoms with Gasteiger partial charge in [0.05, 0.1) is 6.61 Å². The van der Waals surface area contributed by atoms with Crippen molar-refractivity contribution in [2.75, 3.05) is 46.6 Å². The molecule has 2 aliphatic heterocycles. The van der Waals surface area contributed by atoms with Crippen LogP contribution in [0.5, 0.6) is 5.75 Å². The number of carbonyl (C=O) groups excluding carboxylic acids is 2. The quantitative estimate of drug-likeness (QED) is 0.366. The Balaban J connectivity index is 1.63. The Kier molecular flexibility index (Phi) is 11.1. The van der Waals surface area contributed by atoms with Crippen molar-refractivity contribution in [3.8, 4) is 16.9 Å². The number of methoxy groups -OCH3 is 1. The van der Waals surface area contributed by atoms with Gasteiger partial charge in [0.2, 0.25) is 0 Å². The number of rotatable bonds is 12. The minimum atomic E-state index is -0.460. The predicted molar refractivity (Wildman–Crippen MR) is 157 cm³/mol. The average Bonchev–Trinajstić information content (AvgIpc) is 3.51. The molecular formula is C32H44FN3O5. The lowest BCUT2D eigenvalue weighted by molar-refractivity contribution is 0.0548. The number of aliphatic hydroxyl groups is 1. The highest BCUT2D eigenvalue weighted by Crippen LogP contribution is 2.35.